The van der Waals surface area contributed by atoms with Crippen LogP contribution in [-0.4, -0.2) is 37.8 Å². The molecule has 1 aliphatic heterocycles. The number of nitrogens with zero attached hydrogens (tertiary/aromatic N) is 2. The van der Waals surface area contributed by atoms with E-state index in [0.717, 1.165) is 33.8 Å². The lowest BCUT2D eigenvalue weighted by molar-refractivity contribution is -0.114. The van der Waals surface area contributed by atoms with E-state index < -0.39 is 0 Å². The number of benzene rings is 2. The minimum atomic E-state index is -0.388. The van der Waals surface area contributed by atoms with Crippen molar-refractivity contribution in [2.75, 3.05) is 25.7 Å². The molecule has 4 rings (SSSR count). The highest BCUT2D eigenvalue weighted by atomic mass is 16.5. The molecule has 0 bridgehead atoms. The highest BCUT2D eigenvalue weighted by molar-refractivity contribution is 6.05. The summed E-state index contributed by atoms with van der Waals surface area (Å²) in [5.41, 5.74) is 4.74. The first-order valence-electron chi connectivity index (χ1n) is 10.8. The van der Waals surface area contributed by atoms with E-state index in [2.05, 4.69) is 5.16 Å². The second-order valence-electron chi connectivity index (χ2n) is 7.91. The molecule has 2 heterocycles. The van der Waals surface area contributed by atoms with Crippen LogP contribution in [0.3, 0.4) is 0 Å². The van der Waals surface area contributed by atoms with Gasteiger partial charge in [-0.25, -0.2) is 4.79 Å². The van der Waals surface area contributed by atoms with Gasteiger partial charge in [-0.3, -0.25) is 4.79 Å². The normalized spacial score (nSPS) is 12.6. The van der Waals surface area contributed by atoms with Crippen LogP contribution in [0.4, 0.5) is 5.69 Å². The fourth-order valence-corrected chi connectivity index (χ4v) is 3.90. The van der Waals surface area contributed by atoms with Crippen molar-refractivity contribution < 1.29 is 28.3 Å². The van der Waals surface area contributed by atoms with E-state index in [4.69, 9.17) is 18.7 Å². The smallest absolute Gasteiger partial charge is 0.337 e. The molecule has 0 atom stereocenters. The highest BCUT2D eigenvalue weighted by Crippen LogP contribution is 2.31. The first-order chi connectivity index (χ1) is 16.4. The molecule has 0 spiro atoms. The molecule has 176 valence electrons. The van der Waals surface area contributed by atoms with E-state index in [1.165, 1.54) is 13.2 Å². The van der Waals surface area contributed by atoms with E-state index >= 15 is 0 Å². The number of esters is 1. The summed E-state index contributed by atoms with van der Waals surface area (Å²) in [4.78, 5) is 26.3. The maximum absolute atomic E-state index is 12.9. The molecule has 0 N–H and O–H groups in total. The molecular formula is C26H26N2O6. The van der Waals surface area contributed by atoms with Gasteiger partial charge in [0.2, 0.25) is 0 Å². The summed E-state index contributed by atoms with van der Waals surface area (Å²) in [6.07, 6.45) is 3.96. The molecule has 0 saturated heterocycles. The lowest BCUT2D eigenvalue weighted by atomic mass is 10.1. The maximum atomic E-state index is 12.9. The van der Waals surface area contributed by atoms with Crippen molar-refractivity contribution in [3.63, 3.8) is 0 Å². The summed E-state index contributed by atoms with van der Waals surface area (Å²) >= 11 is 0. The van der Waals surface area contributed by atoms with Crippen LogP contribution in [0.25, 0.3) is 6.08 Å². The third kappa shape index (κ3) is 4.66. The summed E-state index contributed by atoms with van der Waals surface area (Å²) < 4.78 is 21.3. The van der Waals surface area contributed by atoms with Gasteiger partial charge >= 0.3 is 5.97 Å². The third-order valence-electron chi connectivity index (χ3n) is 5.82. The summed E-state index contributed by atoms with van der Waals surface area (Å²) in [7, 11) is 2.92. The predicted octanol–water partition coefficient (Wildman–Crippen LogP) is 4.27. The Labute approximate surface area is 197 Å². The molecule has 1 aliphatic rings. The number of carbonyl (C=O) groups is 2. The number of methoxy groups -OCH3 is 2. The number of aromatic nitrogens is 1. The molecule has 1 amide bonds. The quantitative estimate of drug-likeness (QED) is 0.383. The molecule has 2 aromatic carbocycles. The summed E-state index contributed by atoms with van der Waals surface area (Å²) in [5, 5.41) is 3.94. The number of fused-ring (bicyclic) bond motifs is 1. The molecule has 0 radical (unpaired) electrons. The van der Waals surface area contributed by atoms with Crippen molar-refractivity contribution in [1.82, 2.24) is 5.16 Å². The van der Waals surface area contributed by atoms with Crippen molar-refractivity contribution in [2.45, 2.75) is 26.9 Å². The average Bonchev–Trinajstić information content (AvgIpc) is 3.43. The van der Waals surface area contributed by atoms with Crippen LogP contribution in [0.2, 0.25) is 0 Å². The van der Waals surface area contributed by atoms with Crippen molar-refractivity contribution in [1.29, 1.82) is 0 Å². The second-order valence-corrected chi connectivity index (χ2v) is 7.91. The molecule has 34 heavy (non-hydrogen) atoms. The number of hydrogen-bond donors (Lipinski definition) is 0. The van der Waals surface area contributed by atoms with Gasteiger partial charge in [-0.1, -0.05) is 11.2 Å². The summed E-state index contributed by atoms with van der Waals surface area (Å²) in [6.45, 7) is 4.59. The van der Waals surface area contributed by atoms with E-state index in [1.807, 2.05) is 26.0 Å². The van der Waals surface area contributed by atoms with Gasteiger partial charge in [0, 0.05) is 18.3 Å². The zero-order chi connectivity index (χ0) is 24.2. The van der Waals surface area contributed by atoms with E-state index in [1.54, 1.807) is 42.4 Å². The number of ether oxygens (including phenoxy) is 3. The Morgan fingerprint density at radius 2 is 1.94 bits per heavy atom. The van der Waals surface area contributed by atoms with Gasteiger partial charge in [-0.15, -0.1) is 0 Å². The third-order valence-corrected chi connectivity index (χ3v) is 5.82. The molecule has 0 saturated carbocycles. The molecule has 3 aromatic rings. The van der Waals surface area contributed by atoms with E-state index in [9.17, 15) is 9.59 Å². The Morgan fingerprint density at radius 3 is 2.65 bits per heavy atom. The van der Waals surface area contributed by atoms with Gasteiger partial charge in [0.15, 0.2) is 11.5 Å². The first kappa shape index (κ1) is 23.1. The SMILES string of the molecule is COC(=O)c1ccc2c(c1)CCN2C(=O)/C=C/c1ccc(OCc2c(C)noc2C)c(OC)c1. The van der Waals surface area contributed by atoms with Crippen molar-refractivity contribution in [3.05, 3.63) is 76.2 Å². The molecule has 0 unspecified atom stereocenters. The molecule has 1 aromatic heterocycles. The van der Waals surface area contributed by atoms with Crippen molar-refractivity contribution in [3.8, 4) is 11.5 Å². The van der Waals surface area contributed by atoms with Gasteiger partial charge in [0.25, 0.3) is 5.91 Å². The van der Waals surface area contributed by atoms with Crippen LogP contribution in [0.1, 0.15) is 38.5 Å². The molecule has 0 fully saturated rings. The fourth-order valence-electron chi connectivity index (χ4n) is 3.90. The molecule has 8 heteroatoms. The number of anilines is 1. The number of rotatable bonds is 7. The van der Waals surface area contributed by atoms with Crippen molar-refractivity contribution >= 4 is 23.6 Å². The monoisotopic (exact) mass is 462 g/mol. The van der Waals surface area contributed by atoms with Gasteiger partial charge in [-0.05, 0) is 67.8 Å². The number of carbonyl (C=O) groups excluding carboxylic acids is 2. The maximum Gasteiger partial charge on any atom is 0.337 e. The van der Waals surface area contributed by atoms with Crippen LogP contribution in [0.15, 0.2) is 47.0 Å². The Balaban J connectivity index is 1.45. The minimum Gasteiger partial charge on any atom is -0.493 e. The van der Waals surface area contributed by atoms with Crippen LogP contribution in [0, 0.1) is 13.8 Å². The Hall–Kier alpha value is -4.07. The van der Waals surface area contributed by atoms with Gasteiger partial charge in [0.05, 0.1) is 31.0 Å². The summed E-state index contributed by atoms with van der Waals surface area (Å²) in [6, 6.07) is 10.7. The Morgan fingerprint density at radius 1 is 1.12 bits per heavy atom. The Kier molecular flexibility index (Phi) is 6.67. The average molecular weight is 463 g/mol. The number of hydrogen-bond acceptors (Lipinski definition) is 7. The van der Waals surface area contributed by atoms with Gasteiger partial charge < -0.3 is 23.6 Å². The molecule has 0 aliphatic carbocycles. The zero-order valence-corrected chi connectivity index (χ0v) is 19.6. The zero-order valence-electron chi connectivity index (χ0n) is 19.6. The van der Waals surface area contributed by atoms with Crippen LogP contribution in [-0.2, 0) is 22.6 Å². The highest BCUT2D eigenvalue weighted by Gasteiger charge is 2.24. The topological polar surface area (TPSA) is 91.1 Å². The lowest BCUT2D eigenvalue weighted by Gasteiger charge is -2.15. The van der Waals surface area contributed by atoms with E-state index in [0.29, 0.717) is 36.6 Å². The minimum absolute atomic E-state index is 0.137. The second kappa shape index (κ2) is 9.82. The van der Waals surface area contributed by atoms with Crippen LogP contribution < -0.4 is 14.4 Å². The summed E-state index contributed by atoms with van der Waals surface area (Å²) in [5.74, 6) is 1.34. The lowest BCUT2D eigenvalue weighted by Crippen LogP contribution is -2.26. The Bertz CT molecular complexity index is 1240. The van der Waals surface area contributed by atoms with E-state index in [-0.39, 0.29) is 11.9 Å². The standard InChI is InChI=1S/C26H26N2O6/c1-16-21(17(2)34-27-16)15-33-23-9-5-18(13-24(23)31-3)6-10-25(29)28-12-11-19-14-20(26(30)32-4)7-8-22(19)28/h5-10,13-14H,11-12,15H2,1-4H3/b10-6+. The number of aryl methyl sites for hydroxylation is 2. The van der Waals surface area contributed by atoms with Gasteiger partial charge in [-0.2, -0.15) is 0 Å². The van der Waals surface area contributed by atoms with Crippen LogP contribution in [0.5, 0.6) is 11.5 Å². The van der Waals surface area contributed by atoms with Crippen LogP contribution >= 0.6 is 0 Å². The van der Waals surface area contributed by atoms with Crippen molar-refractivity contribution in [2.24, 2.45) is 0 Å². The fraction of sp³-hybridized carbons (Fsp3) is 0.269. The number of amides is 1. The largest absolute Gasteiger partial charge is 0.493 e. The van der Waals surface area contributed by atoms with Gasteiger partial charge in [0.1, 0.15) is 12.4 Å². The molecular weight excluding hydrogens is 436 g/mol. The molecule has 8 nitrogen and oxygen atoms in total. The predicted molar refractivity (Wildman–Crippen MR) is 126 cm³/mol. The first-order valence-corrected chi connectivity index (χ1v) is 10.8.